The molecule has 0 spiro atoms. The molecule has 0 fully saturated rings. The topological polar surface area (TPSA) is 111 Å². The van der Waals surface area contributed by atoms with E-state index in [2.05, 4.69) is 10.1 Å². The molecule has 10 heteroatoms. The molecule has 30 heavy (non-hydrogen) atoms. The standard InChI is InChI=1S/C20H17N5O3S2/c21-19(13-4-2-1-3-5-13)20(26)24-9-14-10-25(23-17(14)11-24)30(27,28)15-6-7-16-18(8-15)29-12-22-16/h1-8,10,12,19H,9,11,21H2. The van der Waals surface area contributed by atoms with Crippen molar-refractivity contribution in [2.75, 3.05) is 0 Å². The molecule has 0 aliphatic carbocycles. The van der Waals surface area contributed by atoms with Crippen LogP contribution in [0.4, 0.5) is 0 Å². The molecule has 0 saturated carbocycles. The quantitative estimate of drug-likeness (QED) is 0.522. The third-order valence-corrected chi connectivity index (χ3v) is 7.46. The number of hydrogen-bond donors (Lipinski definition) is 1. The molecule has 1 aliphatic rings. The number of nitrogens with two attached hydrogens (primary N) is 1. The maximum Gasteiger partial charge on any atom is 0.283 e. The zero-order valence-electron chi connectivity index (χ0n) is 15.7. The number of benzene rings is 2. The van der Waals surface area contributed by atoms with E-state index in [0.717, 1.165) is 19.9 Å². The van der Waals surface area contributed by atoms with Gasteiger partial charge in [0.25, 0.3) is 10.0 Å². The highest BCUT2D eigenvalue weighted by Crippen LogP contribution is 2.27. The molecular weight excluding hydrogens is 422 g/mol. The van der Waals surface area contributed by atoms with Gasteiger partial charge in [-0.3, -0.25) is 4.79 Å². The lowest BCUT2D eigenvalue weighted by Crippen LogP contribution is -2.35. The zero-order valence-corrected chi connectivity index (χ0v) is 17.3. The minimum absolute atomic E-state index is 0.152. The normalized spacial score (nSPS) is 14.8. The second kappa shape index (κ2) is 7.01. The lowest BCUT2D eigenvalue weighted by molar-refractivity contribution is -0.133. The van der Waals surface area contributed by atoms with E-state index in [1.54, 1.807) is 22.5 Å². The molecule has 0 bridgehead atoms. The predicted octanol–water partition coefficient (Wildman–Crippen LogP) is 2.27. The van der Waals surface area contributed by atoms with Gasteiger partial charge in [-0.15, -0.1) is 11.3 Å². The summed E-state index contributed by atoms with van der Waals surface area (Å²) in [4.78, 5) is 18.7. The molecule has 0 radical (unpaired) electrons. The van der Waals surface area contributed by atoms with Crippen LogP contribution in [-0.2, 0) is 27.9 Å². The highest BCUT2D eigenvalue weighted by atomic mass is 32.2. The van der Waals surface area contributed by atoms with Gasteiger partial charge in [-0.05, 0) is 23.8 Å². The summed E-state index contributed by atoms with van der Waals surface area (Å²) in [7, 11) is -3.83. The number of aromatic nitrogens is 3. The van der Waals surface area contributed by atoms with Crippen molar-refractivity contribution in [1.29, 1.82) is 0 Å². The van der Waals surface area contributed by atoms with Gasteiger partial charge >= 0.3 is 0 Å². The Morgan fingerprint density at radius 3 is 2.70 bits per heavy atom. The van der Waals surface area contributed by atoms with Crippen molar-refractivity contribution < 1.29 is 13.2 Å². The van der Waals surface area contributed by atoms with E-state index in [1.807, 2.05) is 30.3 Å². The first kappa shape index (κ1) is 18.9. The largest absolute Gasteiger partial charge is 0.331 e. The zero-order chi connectivity index (χ0) is 20.9. The van der Waals surface area contributed by atoms with Crippen LogP contribution in [0.15, 0.2) is 65.1 Å². The van der Waals surface area contributed by atoms with Crippen molar-refractivity contribution in [3.05, 3.63) is 77.1 Å². The summed E-state index contributed by atoms with van der Waals surface area (Å²) in [6, 6.07) is 13.2. The third kappa shape index (κ3) is 3.09. The lowest BCUT2D eigenvalue weighted by Gasteiger charge is -2.20. The second-order valence-corrected chi connectivity index (χ2v) is 9.73. The van der Waals surface area contributed by atoms with Crippen LogP contribution in [0.3, 0.4) is 0 Å². The molecule has 2 aromatic heterocycles. The van der Waals surface area contributed by atoms with Gasteiger partial charge < -0.3 is 10.6 Å². The van der Waals surface area contributed by atoms with Crippen LogP contribution in [-0.4, -0.2) is 33.4 Å². The summed E-state index contributed by atoms with van der Waals surface area (Å²) in [6.07, 6.45) is 1.48. The average Bonchev–Trinajstić information content (AvgIpc) is 3.47. The van der Waals surface area contributed by atoms with E-state index in [9.17, 15) is 13.2 Å². The van der Waals surface area contributed by atoms with Crippen molar-refractivity contribution in [1.82, 2.24) is 19.1 Å². The van der Waals surface area contributed by atoms with Crippen LogP contribution < -0.4 is 5.73 Å². The molecule has 1 aliphatic heterocycles. The first-order valence-electron chi connectivity index (χ1n) is 9.19. The fraction of sp³-hybridized carbons (Fsp3) is 0.150. The molecule has 2 N–H and O–H groups in total. The highest BCUT2D eigenvalue weighted by molar-refractivity contribution is 7.89. The molecule has 2 aromatic carbocycles. The molecule has 1 amide bonds. The summed E-state index contributed by atoms with van der Waals surface area (Å²) >= 11 is 1.38. The molecule has 1 unspecified atom stereocenters. The fourth-order valence-corrected chi connectivity index (χ4v) is 5.50. The van der Waals surface area contributed by atoms with Crippen LogP contribution in [0.1, 0.15) is 22.9 Å². The number of nitrogens with zero attached hydrogens (tertiary/aromatic N) is 4. The van der Waals surface area contributed by atoms with Crippen LogP contribution in [0, 0.1) is 0 Å². The summed E-state index contributed by atoms with van der Waals surface area (Å²) in [6.45, 7) is 0.503. The van der Waals surface area contributed by atoms with Crippen LogP contribution >= 0.6 is 11.3 Å². The average molecular weight is 440 g/mol. The number of rotatable bonds is 4. The maximum atomic E-state index is 13.0. The first-order chi connectivity index (χ1) is 14.4. The van der Waals surface area contributed by atoms with E-state index in [0.29, 0.717) is 11.3 Å². The van der Waals surface area contributed by atoms with Crippen LogP contribution in [0.5, 0.6) is 0 Å². The van der Waals surface area contributed by atoms with E-state index in [-0.39, 0.29) is 23.9 Å². The molecule has 5 rings (SSSR count). The van der Waals surface area contributed by atoms with Gasteiger partial charge in [0.15, 0.2) is 0 Å². The number of carbonyl (C=O) groups excluding carboxylic acids is 1. The third-order valence-electron chi connectivity index (χ3n) is 5.14. The minimum Gasteiger partial charge on any atom is -0.331 e. The van der Waals surface area contributed by atoms with E-state index < -0.39 is 16.1 Å². The summed E-state index contributed by atoms with van der Waals surface area (Å²) in [5.41, 5.74) is 10.5. The van der Waals surface area contributed by atoms with Crippen molar-refractivity contribution in [2.45, 2.75) is 24.0 Å². The Bertz CT molecular complexity index is 1340. The molecule has 152 valence electrons. The number of amides is 1. The van der Waals surface area contributed by atoms with Crippen LogP contribution in [0.25, 0.3) is 10.2 Å². The summed E-state index contributed by atoms with van der Waals surface area (Å²) < 4.78 is 27.8. The van der Waals surface area contributed by atoms with Gasteiger partial charge in [0.1, 0.15) is 6.04 Å². The Balaban J connectivity index is 1.37. The first-order valence-corrected chi connectivity index (χ1v) is 11.5. The number of hydrogen-bond acceptors (Lipinski definition) is 7. The van der Waals surface area contributed by atoms with Crippen molar-refractivity contribution in [3.63, 3.8) is 0 Å². The van der Waals surface area contributed by atoms with E-state index in [4.69, 9.17) is 5.73 Å². The van der Waals surface area contributed by atoms with Crippen LogP contribution in [0.2, 0.25) is 0 Å². The number of thiazole rings is 1. The Hall–Kier alpha value is -3.08. The SMILES string of the molecule is NC(C(=O)N1Cc2cn(S(=O)(=O)c3ccc4ncsc4c3)nc2C1)c1ccccc1. The molecule has 0 saturated heterocycles. The van der Waals surface area contributed by atoms with E-state index in [1.165, 1.54) is 23.6 Å². The van der Waals surface area contributed by atoms with Gasteiger partial charge in [-0.2, -0.15) is 17.6 Å². The predicted molar refractivity (Wildman–Crippen MR) is 112 cm³/mol. The molecule has 1 atom stereocenters. The smallest absolute Gasteiger partial charge is 0.283 e. The van der Waals surface area contributed by atoms with E-state index >= 15 is 0 Å². The summed E-state index contributed by atoms with van der Waals surface area (Å²) in [5.74, 6) is -0.218. The number of carbonyl (C=O) groups is 1. The number of fused-ring (bicyclic) bond motifs is 2. The van der Waals surface area contributed by atoms with Crippen molar-refractivity contribution >= 4 is 37.5 Å². The lowest BCUT2D eigenvalue weighted by atomic mass is 10.1. The Labute approximate surface area is 176 Å². The molecule has 3 heterocycles. The van der Waals surface area contributed by atoms with Gasteiger partial charge in [0.05, 0.1) is 32.9 Å². The fourth-order valence-electron chi connectivity index (χ4n) is 3.51. The second-order valence-electron chi connectivity index (χ2n) is 7.04. The monoisotopic (exact) mass is 439 g/mol. The molecule has 4 aromatic rings. The van der Waals surface area contributed by atoms with Gasteiger partial charge in [0.2, 0.25) is 5.91 Å². The molecular formula is C20H17N5O3S2. The van der Waals surface area contributed by atoms with Crippen molar-refractivity contribution in [2.24, 2.45) is 5.73 Å². The maximum absolute atomic E-state index is 13.0. The summed E-state index contributed by atoms with van der Waals surface area (Å²) in [5, 5.41) is 4.25. The van der Waals surface area contributed by atoms with Crippen molar-refractivity contribution in [3.8, 4) is 0 Å². The highest BCUT2D eigenvalue weighted by Gasteiger charge is 2.32. The minimum atomic E-state index is -3.83. The van der Waals surface area contributed by atoms with Gasteiger partial charge in [-0.1, -0.05) is 30.3 Å². The Morgan fingerprint density at radius 1 is 1.13 bits per heavy atom. The molecule has 8 nitrogen and oxygen atoms in total. The van der Waals surface area contributed by atoms with Gasteiger partial charge in [-0.25, -0.2) is 4.98 Å². The Morgan fingerprint density at radius 2 is 1.93 bits per heavy atom. The Kier molecular flexibility index (Phi) is 4.42. The van der Waals surface area contributed by atoms with Gasteiger partial charge in [0, 0.05) is 18.3 Å².